The van der Waals surface area contributed by atoms with Crippen molar-refractivity contribution in [3.8, 4) is 0 Å². The average Bonchev–Trinajstić information content (AvgIpc) is 3.22. The van der Waals surface area contributed by atoms with E-state index in [-0.39, 0.29) is 12.1 Å². The van der Waals surface area contributed by atoms with Gasteiger partial charge in [-0.05, 0) is 37.7 Å². The van der Waals surface area contributed by atoms with E-state index in [1.54, 1.807) is 17.5 Å². The molecular weight excluding hydrogens is 329 g/mol. The predicted octanol–water partition coefficient (Wildman–Crippen LogP) is 1.75. The molecule has 3 heterocycles. The maximum Gasteiger partial charge on any atom is 0.165 e. The number of thiazole rings is 1. The van der Waals surface area contributed by atoms with Crippen molar-refractivity contribution in [2.24, 2.45) is 0 Å². The summed E-state index contributed by atoms with van der Waals surface area (Å²) < 4.78 is 15.8. The lowest BCUT2D eigenvalue weighted by Gasteiger charge is -2.27. The SMILES string of the molecule is CC(C)n1nnnc1CN(C)C[C@@H]1C[C@H](F)CN1Cc1nccs1. The van der Waals surface area contributed by atoms with Crippen molar-refractivity contribution in [3.05, 3.63) is 22.4 Å². The second-order valence-corrected chi connectivity index (χ2v) is 7.65. The summed E-state index contributed by atoms with van der Waals surface area (Å²) in [7, 11) is 2.03. The topological polar surface area (TPSA) is 63.0 Å². The Kier molecular flexibility index (Phi) is 5.52. The van der Waals surface area contributed by atoms with E-state index in [2.05, 4.69) is 44.2 Å². The number of rotatable bonds is 7. The molecule has 132 valence electrons. The van der Waals surface area contributed by atoms with Crippen LogP contribution in [0, 0.1) is 0 Å². The van der Waals surface area contributed by atoms with Crippen LogP contribution in [-0.4, -0.2) is 67.3 Å². The second-order valence-electron chi connectivity index (χ2n) is 6.67. The average molecular weight is 353 g/mol. The molecule has 2 aromatic rings. The molecule has 0 spiro atoms. The highest BCUT2D eigenvalue weighted by Gasteiger charge is 2.33. The highest BCUT2D eigenvalue weighted by atomic mass is 32.1. The van der Waals surface area contributed by atoms with Crippen molar-refractivity contribution in [2.45, 2.75) is 51.6 Å². The number of aromatic nitrogens is 5. The van der Waals surface area contributed by atoms with Crippen LogP contribution in [0.25, 0.3) is 0 Å². The van der Waals surface area contributed by atoms with Crippen LogP contribution in [0.2, 0.25) is 0 Å². The minimum atomic E-state index is -0.760. The van der Waals surface area contributed by atoms with E-state index in [4.69, 9.17) is 0 Å². The summed E-state index contributed by atoms with van der Waals surface area (Å²) in [6.45, 7) is 6.77. The molecule has 1 fully saturated rings. The zero-order valence-electron chi connectivity index (χ0n) is 14.3. The Morgan fingerprint density at radius 1 is 1.46 bits per heavy atom. The molecule has 0 aromatic carbocycles. The molecule has 2 atom stereocenters. The van der Waals surface area contributed by atoms with E-state index in [0.717, 1.165) is 23.9 Å². The zero-order chi connectivity index (χ0) is 17.1. The Morgan fingerprint density at radius 3 is 3.00 bits per heavy atom. The molecule has 0 N–H and O–H groups in total. The van der Waals surface area contributed by atoms with Crippen molar-refractivity contribution < 1.29 is 4.39 Å². The first-order chi connectivity index (χ1) is 11.5. The molecule has 1 aliphatic heterocycles. The van der Waals surface area contributed by atoms with Gasteiger partial charge in [0.1, 0.15) is 11.2 Å². The molecule has 0 radical (unpaired) electrons. The first kappa shape index (κ1) is 17.4. The molecule has 1 aliphatic rings. The molecule has 0 bridgehead atoms. The number of tetrazole rings is 1. The molecule has 0 saturated carbocycles. The van der Waals surface area contributed by atoms with E-state index in [9.17, 15) is 4.39 Å². The number of alkyl halides is 1. The summed E-state index contributed by atoms with van der Waals surface area (Å²) >= 11 is 1.62. The van der Waals surface area contributed by atoms with Gasteiger partial charge in [-0.1, -0.05) is 0 Å². The Balaban J connectivity index is 1.59. The molecule has 9 heteroatoms. The summed E-state index contributed by atoms with van der Waals surface area (Å²) in [6.07, 6.45) is 1.62. The summed E-state index contributed by atoms with van der Waals surface area (Å²) in [5.41, 5.74) is 0. The summed E-state index contributed by atoms with van der Waals surface area (Å²) in [5.74, 6) is 0.841. The number of nitrogens with zero attached hydrogens (tertiary/aromatic N) is 7. The lowest BCUT2D eigenvalue weighted by atomic mass is 10.2. The van der Waals surface area contributed by atoms with Gasteiger partial charge >= 0.3 is 0 Å². The van der Waals surface area contributed by atoms with Gasteiger partial charge in [0, 0.05) is 30.7 Å². The fraction of sp³-hybridized carbons (Fsp3) is 0.733. The Hall–Kier alpha value is -1.45. The van der Waals surface area contributed by atoms with Crippen LogP contribution in [-0.2, 0) is 13.1 Å². The van der Waals surface area contributed by atoms with Crippen LogP contribution in [0.15, 0.2) is 11.6 Å². The third-order valence-corrected chi connectivity index (χ3v) is 5.05. The maximum absolute atomic E-state index is 13.9. The van der Waals surface area contributed by atoms with Gasteiger partial charge < -0.3 is 0 Å². The van der Waals surface area contributed by atoms with Crippen LogP contribution in [0.5, 0.6) is 0 Å². The van der Waals surface area contributed by atoms with Gasteiger partial charge in [0.2, 0.25) is 0 Å². The first-order valence-electron chi connectivity index (χ1n) is 8.24. The Morgan fingerprint density at radius 2 is 2.29 bits per heavy atom. The quantitative estimate of drug-likeness (QED) is 0.756. The molecule has 7 nitrogen and oxygen atoms in total. The molecular formula is C15H24FN7S. The first-order valence-corrected chi connectivity index (χ1v) is 9.12. The van der Waals surface area contributed by atoms with E-state index in [0.29, 0.717) is 19.5 Å². The third kappa shape index (κ3) is 4.14. The van der Waals surface area contributed by atoms with Crippen LogP contribution < -0.4 is 0 Å². The highest BCUT2D eigenvalue weighted by Crippen LogP contribution is 2.24. The molecule has 2 aromatic heterocycles. The minimum absolute atomic E-state index is 0.192. The van der Waals surface area contributed by atoms with E-state index in [1.807, 2.05) is 17.1 Å². The van der Waals surface area contributed by atoms with Crippen LogP contribution in [0.1, 0.15) is 37.1 Å². The Labute approximate surface area is 145 Å². The summed E-state index contributed by atoms with van der Waals surface area (Å²) in [4.78, 5) is 8.69. The van der Waals surface area contributed by atoms with Crippen LogP contribution >= 0.6 is 11.3 Å². The summed E-state index contributed by atoms with van der Waals surface area (Å²) in [5, 5.41) is 14.9. The number of hydrogen-bond donors (Lipinski definition) is 0. The van der Waals surface area contributed by atoms with Crippen molar-refractivity contribution >= 4 is 11.3 Å². The molecule has 24 heavy (non-hydrogen) atoms. The zero-order valence-corrected chi connectivity index (χ0v) is 15.2. The van der Waals surface area contributed by atoms with Crippen LogP contribution in [0.3, 0.4) is 0 Å². The number of hydrogen-bond acceptors (Lipinski definition) is 7. The molecule has 0 unspecified atom stereocenters. The number of likely N-dealkylation sites (N-methyl/N-ethyl adjacent to an activating group) is 1. The van der Waals surface area contributed by atoms with E-state index in [1.165, 1.54) is 0 Å². The highest BCUT2D eigenvalue weighted by molar-refractivity contribution is 7.09. The number of halogens is 1. The molecule has 1 saturated heterocycles. The fourth-order valence-electron chi connectivity index (χ4n) is 3.19. The molecule has 0 amide bonds. The van der Waals surface area contributed by atoms with Gasteiger partial charge in [-0.25, -0.2) is 14.1 Å². The maximum atomic E-state index is 13.9. The van der Waals surface area contributed by atoms with Gasteiger partial charge in [0.15, 0.2) is 5.82 Å². The minimum Gasteiger partial charge on any atom is -0.297 e. The van der Waals surface area contributed by atoms with E-state index >= 15 is 0 Å². The second kappa shape index (κ2) is 7.62. The lowest BCUT2D eigenvalue weighted by Crippen LogP contribution is -2.38. The smallest absolute Gasteiger partial charge is 0.165 e. The third-order valence-electron chi connectivity index (χ3n) is 4.28. The fourth-order valence-corrected chi connectivity index (χ4v) is 3.83. The van der Waals surface area contributed by atoms with Crippen LogP contribution in [0.4, 0.5) is 4.39 Å². The van der Waals surface area contributed by atoms with Crippen molar-refractivity contribution in [1.29, 1.82) is 0 Å². The van der Waals surface area contributed by atoms with Gasteiger partial charge in [-0.15, -0.1) is 16.4 Å². The Bertz CT molecular complexity index is 630. The lowest BCUT2D eigenvalue weighted by molar-refractivity contribution is 0.177. The molecule has 0 aliphatic carbocycles. The van der Waals surface area contributed by atoms with E-state index < -0.39 is 6.17 Å². The van der Waals surface area contributed by atoms with Gasteiger partial charge in [0.25, 0.3) is 0 Å². The van der Waals surface area contributed by atoms with Gasteiger partial charge in [-0.2, -0.15) is 0 Å². The normalized spacial score (nSPS) is 22.1. The predicted molar refractivity (Wildman–Crippen MR) is 90.4 cm³/mol. The van der Waals surface area contributed by atoms with Crippen molar-refractivity contribution in [2.75, 3.05) is 20.1 Å². The van der Waals surface area contributed by atoms with Crippen molar-refractivity contribution in [3.63, 3.8) is 0 Å². The number of likely N-dealkylation sites (tertiary alicyclic amines) is 1. The van der Waals surface area contributed by atoms with Crippen molar-refractivity contribution in [1.82, 2.24) is 35.0 Å². The summed E-state index contributed by atoms with van der Waals surface area (Å²) in [6, 6.07) is 0.420. The largest absolute Gasteiger partial charge is 0.297 e. The standard InChI is InChI=1S/C15H24FN7S/c1-11(2)23-14(18-19-20-23)9-21(3)8-13-6-12(16)7-22(13)10-15-17-4-5-24-15/h4-5,11-13H,6-10H2,1-3H3/t12-,13-/m0/s1. The molecule has 3 rings (SSSR count). The monoisotopic (exact) mass is 353 g/mol. The van der Waals surface area contributed by atoms with Gasteiger partial charge in [0.05, 0.1) is 19.1 Å². The van der Waals surface area contributed by atoms with Gasteiger partial charge in [-0.3, -0.25) is 9.80 Å².